The molecule has 80 valence electrons. The highest BCUT2D eigenvalue weighted by Crippen LogP contribution is 2.18. The SMILES string of the molecule is NCC(NCC(F)(F)F)c1ccsc1. The second kappa shape index (κ2) is 4.77. The molecule has 1 atom stereocenters. The number of hydrogen-bond donors (Lipinski definition) is 2. The topological polar surface area (TPSA) is 38.0 Å². The summed E-state index contributed by atoms with van der Waals surface area (Å²) in [4.78, 5) is 0. The van der Waals surface area contributed by atoms with Crippen molar-refractivity contribution in [2.45, 2.75) is 12.2 Å². The molecule has 0 bridgehead atoms. The molecule has 0 aliphatic rings. The van der Waals surface area contributed by atoms with Gasteiger partial charge >= 0.3 is 6.18 Å². The van der Waals surface area contributed by atoms with E-state index in [9.17, 15) is 13.2 Å². The van der Waals surface area contributed by atoms with Crippen molar-refractivity contribution >= 4 is 11.3 Å². The van der Waals surface area contributed by atoms with E-state index in [1.54, 1.807) is 11.4 Å². The van der Waals surface area contributed by atoms with Crippen LogP contribution in [0, 0.1) is 0 Å². The molecule has 0 aromatic carbocycles. The lowest BCUT2D eigenvalue weighted by atomic mass is 10.1. The quantitative estimate of drug-likeness (QED) is 0.819. The second-order valence-electron chi connectivity index (χ2n) is 2.84. The van der Waals surface area contributed by atoms with E-state index < -0.39 is 18.8 Å². The van der Waals surface area contributed by atoms with E-state index >= 15 is 0 Å². The third kappa shape index (κ3) is 3.65. The van der Waals surface area contributed by atoms with E-state index in [2.05, 4.69) is 5.32 Å². The molecule has 6 heteroatoms. The van der Waals surface area contributed by atoms with Crippen LogP contribution >= 0.6 is 11.3 Å². The molecule has 1 unspecified atom stereocenters. The lowest BCUT2D eigenvalue weighted by Crippen LogP contribution is -2.35. The van der Waals surface area contributed by atoms with Gasteiger partial charge in [0.15, 0.2) is 0 Å². The molecule has 2 nitrogen and oxygen atoms in total. The van der Waals surface area contributed by atoms with Crippen LogP contribution in [0.5, 0.6) is 0 Å². The van der Waals surface area contributed by atoms with Gasteiger partial charge in [0.05, 0.1) is 6.54 Å². The van der Waals surface area contributed by atoms with Crippen LogP contribution in [0.15, 0.2) is 16.8 Å². The van der Waals surface area contributed by atoms with Crippen molar-refractivity contribution in [3.8, 4) is 0 Å². The van der Waals surface area contributed by atoms with E-state index in [-0.39, 0.29) is 6.54 Å². The summed E-state index contributed by atoms with van der Waals surface area (Å²) in [6.45, 7) is -0.850. The predicted molar refractivity (Wildman–Crippen MR) is 50.2 cm³/mol. The largest absolute Gasteiger partial charge is 0.401 e. The minimum Gasteiger partial charge on any atom is -0.329 e. The average Bonchev–Trinajstić information content (AvgIpc) is 2.56. The number of rotatable bonds is 4. The highest BCUT2D eigenvalue weighted by atomic mass is 32.1. The summed E-state index contributed by atoms with van der Waals surface area (Å²) in [7, 11) is 0. The van der Waals surface area contributed by atoms with Crippen molar-refractivity contribution in [1.29, 1.82) is 0 Å². The summed E-state index contributed by atoms with van der Waals surface area (Å²) in [6.07, 6.45) is -4.19. The molecular weight excluding hydrogens is 213 g/mol. The Morgan fingerprint density at radius 1 is 1.50 bits per heavy atom. The third-order valence-electron chi connectivity index (χ3n) is 1.73. The number of thiophene rings is 1. The van der Waals surface area contributed by atoms with Crippen LogP contribution in [-0.2, 0) is 0 Å². The van der Waals surface area contributed by atoms with Gasteiger partial charge in [0.1, 0.15) is 0 Å². The smallest absolute Gasteiger partial charge is 0.329 e. The van der Waals surface area contributed by atoms with Gasteiger partial charge in [-0.3, -0.25) is 0 Å². The van der Waals surface area contributed by atoms with Crippen LogP contribution in [0.2, 0.25) is 0 Å². The summed E-state index contributed by atoms with van der Waals surface area (Å²) >= 11 is 1.44. The highest BCUT2D eigenvalue weighted by molar-refractivity contribution is 7.07. The molecule has 1 aromatic rings. The zero-order valence-electron chi connectivity index (χ0n) is 7.34. The molecular formula is C8H11F3N2S. The minimum atomic E-state index is -4.19. The van der Waals surface area contributed by atoms with Crippen molar-refractivity contribution < 1.29 is 13.2 Å². The van der Waals surface area contributed by atoms with Crippen molar-refractivity contribution in [3.63, 3.8) is 0 Å². The molecule has 0 aliphatic heterocycles. The van der Waals surface area contributed by atoms with Crippen molar-refractivity contribution in [1.82, 2.24) is 5.32 Å². The molecule has 1 heterocycles. The Morgan fingerprint density at radius 2 is 2.21 bits per heavy atom. The van der Waals surface area contributed by atoms with E-state index in [4.69, 9.17) is 5.73 Å². The maximum atomic E-state index is 11.9. The summed E-state index contributed by atoms with van der Waals surface area (Å²) in [6, 6.07) is 1.36. The van der Waals surface area contributed by atoms with E-state index in [1.165, 1.54) is 11.3 Å². The fourth-order valence-corrected chi connectivity index (χ4v) is 1.76. The average molecular weight is 224 g/mol. The maximum absolute atomic E-state index is 11.9. The van der Waals surface area contributed by atoms with Crippen molar-refractivity contribution in [2.24, 2.45) is 5.73 Å². The Labute approximate surface area is 83.9 Å². The summed E-state index contributed by atoms with van der Waals surface area (Å²) in [5.74, 6) is 0. The fourth-order valence-electron chi connectivity index (χ4n) is 1.05. The maximum Gasteiger partial charge on any atom is 0.401 e. The van der Waals surface area contributed by atoms with Gasteiger partial charge in [-0.05, 0) is 22.4 Å². The van der Waals surface area contributed by atoms with Crippen LogP contribution in [0.3, 0.4) is 0 Å². The van der Waals surface area contributed by atoms with Crippen LogP contribution in [0.4, 0.5) is 13.2 Å². The lowest BCUT2D eigenvalue weighted by Gasteiger charge is -2.16. The zero-order chi connectivity index (χ0) is 10.6. The molecule has 0 amide bonds. The minimum absolute atomic E-state index is 0.160. The standard InChI is InChI=1S/C8H11F3N2S/c9-8(10,11)5-13-7(3-12)6-1-2-14-4-6/h1-2,4,7,13H,3,5,12H2. The van der Waals surface area contributed by atoms with E-state index in [1.807, 2.05) is 5.38 Å². The number of hydrogen-bond acceptors (Lipinski definition) is 3. The molecule has 14 heavy (non-hydrogen) atoms. The van der Waals surface area contributed by atoms with Crippen molar-refractivity contribution in [3.05, 3.63) is 22.4 Å². The fraction of sp³-hybridized carbons (Fsp3) is 0.500. The van der Waals surface area contributed by atoms with Gasteiger partial charge in [0.25, 0.3) is 0 Å². The first kappa shape index (κ1) is 11.5. The molecule has 0 aliphatic carbocycles. The molecule has 0 radical (unpaired) electrons. The van der Waals surface area contributed by atoms with Crippen LogP contribution < -0.4 is 11.1 Å². The van der Waals surface area contributed by atoms with Gasteiger partial charge in [-0.2, -0.15) is 24.5 Å². The van der Waals surface area contributed by atoms with Crippen molar-refractivity contribution in [2.75, 3.05) is 13.1 Å². The summed E-state index contributed by atoms with van der Waals surface area (Å²) in [5, 5.41) is 5.97. The Hall–Kier alpha value is -0.590. The molecule has 0 saturated heterocycles. The zero-order valence-corrected chi connectivity index (χ0v) is 8.16. The lowest BCUT2D eigenvalue weighted by molar-refractivity contribution is -0.126. The first-order valence-electron chi connectivity index (χ1n) is 4.05. The normalized spacial score (nSPS) is 14.3. The monoisotopic (exact) mass is 224 g/mol. The number of halogens is 3. The highest BCUT2D eigenvalue weighted by Gasteiger charge is 2.28. The Balaban J connectivity index is 2.49. The second-order valence-corrected chi connectivity index (χ2v) is 3.62. The first-order valence-corrected chi connectivity index (χ1v) is 4.99. The summed E-state index contributed by atoms with van der Waals surface area (Å²) in [5.41, 5.74) is 6.18. The number of alkyl halides is 3. The van der Waals surface area contributed by atoms with Gasteiger partial charge in [-0.25, -0.2) is 0 Å². The van der Waals surface area contributed by atoms with Crippen LogP contribution in [0.1, 0.15) is 11.6 Å². The molecule has 3 N–H and O–H groups in total. The van der Waals surface area contributed by atoms with Gasteiger partial charge in [-0.1, -0.05) is 0 Å². The molecule has 0 fully saturated rings. The van der Waals surface area contributed by atoms with Gasteiger partial charge in [0.2, 0.25) is 0 Å². The predicted octanol–water partition coefficient (Wildman–Crippen LogP) is 1.90. The van der Waals surface area contributed by atoms with E-state index in [0.29, 0.717) is 0 Å². The Bertz CT molecular complexity index is 258. The van der Waals surface area contributed by atoms with Gasteiger partial charge in [0, 0.05) is 12.6 Å². The Morgan fingerprint density at radius 3 is 2.64 bits per heavy atom. The number of nitrogens with one attached hydrogen (secondary N) is 1. The summed E-state index contributed by atoms with van der Waals surface area (Å²) < 4.78 is 35.7. The van der Waals surface area contributed by atoms with Gasteiger partial charge in [-0.15, -0.1) is 0 Å². The Kier molecular flexibility index (Phi) is 3.91. The molecule has 0 spiro atoms. The van der Waals surface area contributed by atoms with Crippen LogP contribution in [-0.4, -0.2) is 19.3 Å². The third-order valence-corrected chi connectivity index (χ3v) is 2.43. The van der Waals surface area contributed by atoms with E-state index in [0.717, 1.165) is 5.56 Å². The molecule has 1 aromatic heterocycles. The van der Waals surface area contributed by atoms with Gasteiger partial charge < -0.3 is 11.1 Å². The molecule has 0 saturated carbocycles. The number of nitrogens with two attached hydrogens (primary N) is 1. The van der Waals surface area contributed by atoms with Crippen LogP contribution in [0.25, 0.3) is 0 Å². The molecule has 1 rings (SSSR count). The first-order chi connectivity index (χ1) is 6.53.